The van der Waals surface area contributed by atoms with Crippen LogP contribution in [-0.4, -0.2) is 59.6 Å². The van der Waals surface area contributed by atoms with E-state index in [1.807, 2.05) is 12.1 Å². The molecule has 1 saturated heterocycles. The van der Waals surface area contributed by atoms with Gasteiger partial charge in [-0.2, -0.15) is 0 Å². The highest BCUT2D eigenvalue weighted by Crippen LogP contribution is 2.19. The van der Waals surface area contributed by atoms with Crippen molar-refractivity contribution in [3.63, 3.8) is 0 Å². The summed E-state index contributed by atoms with van der Waals surface area (Å²) in [5.41, 5.74) is 7.26. The van der Waals surface area contributed by atoms with E-state index in [9.17, 15) is 0 Å². The number of pyridine rings is 1. The predicted molar refractivity (Wildman–Crippen MR) is 83.3 cm³/mol. The van der Waals surface area contributed by atoms with Crippen molar-refractivity contribution in [2.75, 3.05) is 33.7 Å². The Morgan fingerprint density at radius 3 is 2.81 bits per heavy atom. The monoisotopic (exact) mass is 291 g/mol. The molecule has 0 radical (unpaired) electrons. The van der Waals surface area contributed by atoms with Gasteiger partial charge in [0.25, 0.3) is 0 Å². The van der Waals surface area contributed by atoms with Crippen LogP contribution in [-0.2, 0) is 6.54 Å². The van der Waals surface area contributed by atoms with E-state index in [4.69, 9.17) is 10.9 Å². The molecule has 0 saturated carbocycles. The highest BCUT2D eigenvalue weighted by atomic mass is 16.4. The molecule has 0 amide bonds. The molecule has 6 nitrogen and oxygen atoms in total. The summed E-state index contributed by atoms with van der Waals surface area (Å²) in [6.07, 6.45) is 4.20. The molecule has 1 aliphatic rings. The molecule has 1 fully saturated rings. The van der Waals surface area contributed by atoms with Crippen molar-refractivity contribution >= 4 is 5.84 Å². The van der Waals surface area contributed by atoms with Gasteiger partial charge in [0.2, 0.25) is 0 Å². The van der Waals surface area contributed by atoms with Gasteiger partial charge in [0.15, 0.2) is 5.84 Å². The Hall–Kier alpha value is -1.66. The first-order chi connectivity index (χ1) is 10.1. The summed E-state index contributed by atoms with van der Waals surface area (Å²) in [7, 11) is 4.27. The minimum atomic E-state index is 0.0570. The number of oxime groups is 1. The Balaban J connectivity index is 1.89. The lowest BCUT2D eigenvalue weighted by molar-refractivity contribution is 0.157. The first kappa shape index (κ1) is 15.7. The Bertz CT molecular complexity index is 481. The van der Waals surface area contributed by atoms with E-state index in [1.165, 1.54) is 19.4 Å². The van der Waals surface area contributed by atoms with Gasteiger partial charge in [-0.15, -0.1) is 0 Å². The molecule has 2 heterocycles. The van der Waals surface area contributed by atoms with Gasteiger partial charge in [0.1, 0.15) is 5.69 Å². The van der Waals surface area contributed by atoms with Crippen LogP contribution in [0.4, 0.5) is 0 Å². The first-order valence-corrected chi connectivity index (χ1v) is 7.38. The van der Waals surface area contributed by atoms with Crippen molar-refractivity contribution in [1.82, 2.24) is 14.8 Å². The number of hydrogen-bond donors (Lipinski definition) is 2. The van der Waals surface area contributed by atoms with Gasteiger partial charge >= 0.3 is 0 Å². The van der Waals surface area contributed by atoms with Crippen LogP contribution in [0.3, 0.4) is 0 Å². The quantitative estimate of drug-likeness (QED) is 0.365. The zero-order valence-electron chi connectivity index (χ0n) is 12.9. The minimum absolute atomic E-state index is 0.0570. The lowest BCUT2D eigenvalue weighted by Gasteiger charge is -2.33. The largest absolute Gasteiger partial charge is 0.409 e. The molecule has 0 unspecified atom stereocenters. The summed E-state index contributed by atoms with van der Waals surface area (Å²) in [4.78, 5) is 8.83. The van der Waals surface area contributed by atoms with Crippen molar-refractivity contribution < 1.29 is 5.21 Å². The third kappa shape index (κ3) is 4.68. The second-order valence-corrected chi connectivity index (χ2v) is 6.02. The summed E-state index contributed by atoms with van der Waals surface area (Å²) < 4.78 is 0. The number of likely N-dealkylation sites (tertiary alicyclic amines) is 1. The maximum absolute atomic E-state index is 8.71. The molecule has 3 N–H and O–H groups in total. The number of nitrogens with two attached hydrogens (primary N) is 1. The first-order valence-electron chi connectivity index (χ1n) is 7.38. The smallest absolute Gasteiger partial charge is 0.188 e. The van der Waals surface area contributed by atoms with E-state index in [0.717, 1.165) is 31.1 Å². The van der Waals surface area contributed by atoms with Crippen LogP contribution in [0.25, 0.3) is 0 Å². The van der Waals surface area contributed by atoms with E-state index < -0.39 is 0 Å². The predicted octanol–water partition coefficient (Wildman–Crippen LogP) is 0.950. The third-order valence-electron chi connectivity index (χ3n) is 3.93. The highest BCUT2D eigenvalue weighted by molar-refractivity contribution is 5.95. The van der Waals surface area contributed by atoms with Crippen molar-refractivity contribution in [2.24, 2.45) is 16.8 Å². The maximum Gasteiger partial charge on any atom is 0.188 e. The number of hydrogen-bond acceptors (Lipinski definition) is 5. The van der Waals surface area contributed by atoms with Crippen LogP contribution in [0.15, 0.2) is 23.5 Å². The topological polar surface area (TPSA) is 78.0 Å². The van der Waals surface area contributed by atoms with Gasteiger partial charge in [0.05, 0.1) is 0 Å². The summed E-state index contributed by atoms with van der Waals surface area (Å²) in [5, 5.41) is 11.7. The van der Waals surface area contributed by atoms with Crippen molar-refractivity contribution in [2.45, 2.75) is 19.4 Å². The number of rotatable bonds is 5. The minimum Gasteiger partial charge on any atom is -0.409 e. The Morgan fingerprint density at radius 1 is 1.48 bits per heavy atom. The SMILES string of the molecule is CN(C)CC1CCN(Cc2ccnc(C(N)=NO)c2)CC1. The molecule has 1 aromatic heterocycles. The van der Waals surface area contributed by atoms with E-state index in [1.54, 1.807) is 6.20 Å². The van der Waals surface area contributed by atoms with Crippen LogP contribution in [0, 0.1) is 5.92 Å². The van der Waals surface area contributed by atoms with E-state index in [2.05, 4.69) is 34.0 Å². The average molecular weight is 291 g/mol. The molecule has 6 heteroatoms. The molecule has 0 spiro atoms. The molecule has 0 aliphatic carbocycles. The van der Waals surface area contributed by atoms with Crippen LogP contribution >= 0.6 is 0 Å². The Labute approximate surface area is 126 Å². The second kappa shape index (κ2) is 7.38. The van der Waals surface area contributed by atoms with Crippen LogP contribution in [0.5, 0.6) is 0 Å². The fraction of sp³-hybridized carbons (Fsp3) is 0.600. The van der Waals surface area contributed by atoms with Gasteiger partial charge in [-0.25, -0.2) is 0 Å². The summed E-state index contributed by atoms with van der Waals surface area (Å²) in [6.45, 7) is 4.32. The molecule has 1 aliphatic heterocycles. The fourth-order valence-electron chi connectivity index (χ4n) is 2.87. The molecule has 0 atom stereocenters. The zero-order chi connectivity index (χ0) is 15.2. The number of nitrogens with zero attached hydrogens (tertiary/aromatic N) is 4. The van der Waals surface area contributed by atoms with Gasteiger partial charge in [-0.1, -0.05) is 5.16 Å². The molecular formula is C15H25N5O. The lowest BCUT2D eigenvalue weighted by atomic mass is 9.96. The van der Waals surface area contributed by atoms with Crippen LogP contribution < -0.4 is 5.73 Å². The van der Waals surface area contributed by atoms with Gasteiger partial charge in [0, 0.05) is 19.3 Å². The van der Waals surface area contributed by atoms with Crippen molar-refractivity contribution in [3.8, 4) is 0 Å². The molecule has 0 bridgehead atoms. The fourth-order valence-corrected chi connectivity index (χ4v) is 2.87. The highest BCUT2D eigenvalue weighted by Gasteiger charge is 2.19. The summed E-state index contributed by atoms with van der Waals surface area (Å²) >= 11 is 0. The normalized spacial score (nSPS) is 18.3. The summed E-state index contributed by atoms with van der Waals surface area (Å²) in [5.74, 6) is 0.864. The number of aromatic nitrogens is 1. The summed E-state index contributed by atoms with van der Waals surface area (Å²) in [6, 6.07) is 3.88. The molecule has 116 valence electrons. The van der Waals surface area contributed by atoms with Gasteiger partial charge < -0.3 is 15.8 Å². The van der Waals surface area contributed by atoms with Crippen molar-refractivity contribution in [3.05, 3.63) is 29.6 Å². The Morgan fingerprint density at radius 2 is 2.19 bits per heavy atom. The second-order valence-electron chi connectivity index (χ2n) is 6.02. The number of amidine groups is 1. The number of piperidine rings is 1. The van der Waals surface area contributed by atoms with Crippen molar-refractivity contribution in [1.29, 1.82) is 0 Å². The van der Waals surface area contributed by atoms with E-state index in [0.29, 0.717) is 5.69 Å². The lowest BCUT2D eigenvalue weighted by Crippen LogP contribution is -2.36. The zero-order valence-corrected chi connectivity index (χ0v) is 12.9. The van der Waals surface area contributed by atoms with E-state index >= 15 is 0 Å². The van der Waals surface area contributed by atoms with E-state index in [-0.39, 0.29) is 5.84 Å². The Kier molecular flexibility index (Phi) is 5.52. The molecule has 1 aromatic rings. The van der Waals surface area contributed by atoms with Gasteiger partial charge in [-0.05, 0) is 63.6 Å². The maximum atomic E-state index is 8.71. The average Bonchev–Trinajstić information content (AvgIpc) is 2.48. The molecule has 21 heavy (non-hydrogen) atoms. The molecular weight excluding hydrogens is 266 g/mol. The van der Waals surface area contributed by atoms with Gasteiger partial charge in [-0.3, -0.25) is 9.88 Å². The standard InChI is InChI=1S/C15H25N5O/c1-19(2)10-12-4-7-20(8-5-12)11-13-3-6-17-14(9-13)15(16)18-21/h3,6,9,12,21H,4-5,7-8,10-11H2,1-2H3,(H2,16,18). The third-order valence-corrected chi connectivity index (χ3v) is 3.93. The molecule has 2 rings (SSSR count). The van der Waals surface area contributed by atoms with Crippen LogP contribution in [0.1, 0.15) is 24.1 Å². The molecule has 0 aromatic carbocycles. The van der Waals surface area contributed by atoms with Crippen LogP contribution in [0.2, 0.25) is 0 Å².